The van der Waals surface area contributed by atoms with Crippen LogP contribution in [-0.2, 0) is 0 Å². The van der Waals surface area contributed by atoms with Gasteiger partial charge in [0.05, 0.1) is 11.8 Å². The van der Waals surface area contributed by atoms with Crippen molar-refractivity contribution in [1.82, 2.24) is 4.90 Å². The molecular formula is C23H24N2O2. The van der Waals surface area contributed by atoms with Gasteiger partial charge in [0, 0.05) is 5.75 Å². The molecule has 1 atom stereocenters. The smallest absolute Gasteiger partial charge is 0.444 e. The van der Waals surface area contributed by atoms with Gasteiger partial charge in [-0.05, 0) is 50.5 Å². The SMILES string of the molecule is Cc1cc2c(c(C)c1C)C=[N+]1C=CN3[CH-]c4c(cc(C)c(C)c4C)OC31O2. The highest BCUT2D eigenvalue weighted by Crippen LogP contribution is 2.45. The molecule has 3 aliphatic rings. The van der Waals surface area contributed by atoms with Gasteiger partial charge in [-0.1, -0.05) is 32.0 Å². The fourth-order valence-electron chi connectivity index (χ4n) is 4.13. The lowest BCUT2D eigenvalue weighted by Gasteiger charge is -2.44. The molecule has 0 aromatic heterocycles. The third-order valence-corrected chi connectivity index (χ3v) is 6.40. The molecule has 3 aliphatic heterocycles. The molecule has 0 saturated carbocycles. The Hall–Kier alpha value is -2.88. The summed E-state index contributed by atoms with van der Waals surface area (Å²) in [6.45, 7) is 15.0. The van der Waals surface area contributed by atoms with Crippen molar-refractivity contribution >= 4 is 6.21 Å². The quantitative estimate of drug-likeness (QED) is 0.515. The first-order valence-electron chi connectivity index (χ1n) is 9.36. The summed E-state index contributed by atoms with van der Waals surface area (Å²) in [7, 11) is 0. The third kappa shape index (κ3) is 1.98. The minimum Gasteiger partial charge on any atom is -0.444 e. The second-order valence-corrected chi connectivity index (χ2v) is 7.83. The summed E-state index contributed by atoms with van der Waals surface area (Å²) < 4.78 is 15.1. The van der Waals surface area contributed by atoms with Crippen molar-refractivity contribution < 1.29 is 14.0 Å². The molecule has 0 fully saturated rings. The van der Waals surface area contributed by atoms with E-state index in [0.717, 1.165) is 22.6 Å². The molecular weight excluding hydrogens is 336 g/mol. The second kappa shape index (κ2) is 5.10. The van der Waals surface area contributed by atoms with Crippen molar-refractivity contribution in [3.8, 4) is 11.5 Å². The number of nitrogens with zero attached hydrogens (tertiary/aromatic N) is 2. The van der Waals surface area contributed by atoms with Gasteiger partial charge in [0.2, 0.25) is 0 Å². The van der Waals surface area contributed by atoms with E-state index in [0.29, 0.717) is 0 Å². The zero-order valence-electron chi connectivity index (χ0n) is 16.7. The van der Waals surface area contributed by atoms with Gasteiger partial charge in [0.15, 0.2) is 12.4 Å². The van der Waals surface area contributed by atoms with Crippen molar-refractivity contribution in [3.63, 3.8) is 0 Å². The van der Waals surface area contributed by atoms with Crippen LogP contribution in [-0.4, -0.2) is 21.7 Å². The first-order chi connectivity index (χ1) is 12.8. The van der Waals surface area contributed by atoms with E-state index >= 15 is 0 Å². The number of hydrogen-bond acceptors (Lipinski definition) is 3. The molecule has 1 spiro atoms. The van der Waals surface area contributed by atoms with E-state index in [1.165, 1.54) is 33.4 Å². The number of hydrogen-bond donors (Lipinski definition) is 0. The summed E-state index contributed by atoms with van der Waals surface area (Å²) in [5.74, 6) is 1.72. The van der Waals surface area contributed by atoms with Gasteiger partial charge >= 0.3 is 6.03 Å². The van der Waals surface area contributed by atoms with Crippen LogP contribution in [0.5, 0.6) is 11.5 Å². The maximum absolute atomic E-state index is 6.54. The molecule has 0 radical (unpaired) electrons. The highest BCUT2D eigenvalue weighted by atomic mass is 16.7. The van der Waals surface area contributed by atoms with E-state index in [4.69, 9.17) is 9.47 Å². The maximum atomic E-state index is 6.54. The first kappa shape index (κ1) is 16.3. The molecule has 0 amide bonds. The molecule has 4 nitrogen and oxygen atoms in total. The minimum atomic E-state index is -1.03. The second-order valence-electron chi connectivity index (χ2n) is 7.83. The van der Waals surface area contributed by atoms with Crippen LogP contribution >= 0.6 is 0 Å². The molecule has 4 heteroatoms. The van der Waals surface area contributed by atoms with E-state index in [2.05, 4.69) is 66.4 Å². The molecule has 27 heavy (non-hydrogen) atoms. The Bertz CT molecular complexity index is 1080. The number of rotatable bonds is 0. The average Bonchev–Trinajstić information content (AvgIpc) is 2.99. The molecule has 3 heterocycles. The van der Waals surface area contributed by atoms with Crippen LogP contribution in [0.1, 0.15) is 44.5 Å². The van der Waals surface area contributed by atoms with Crippen molar-refractivity contribution in [2.45, 2.75) is 47.6 Å². The van der Waals surface area contributed by atoms with Gasteiger partial charge in [-0.15, -0.1) is 21.3 Å². The van der Waals surface area contributed by atoms with E-state index in [1.807, 2.05) is 21.9 Å². The van der Waals surface area contributed by atoms with Crippen molar-refractivity contribution in [2.24, 2.45) is 0 Å². The summed E-state index contributed by atoms with van der Waals surface area (Å²) in [6, 6.07) is 3.20. The van der Waals surface area contributed by atoms with Crippen molar-refractivity contribution in [2.75, 3.05) is 0 Å². The van der Waals surface area contributed by atoms with E-state index in [-0.39, 0.29) is 0 Å². The van der Waals surface area contributed by atoms with E-state index in [9.17, 15) is 0 Å². The highest BCUT2D eigenvalue weighted by molar-refractivity contribution is 5.84. The van der Waals surface area contributed by atoms with Gasteiger partial charge < -0.3 is 9.47 Å². The lowest BCUT2D eigenvalue weighted by Crippen LogP contribution is -2.61. The Balaban J connectivity index is 1.68. The molecule has 0 saturated heterocycles. The molecule has 0 bridgehead atoms. The molecule has 1 unspecified atom stereocenters. The zero-order chi connectivity index (χ0) is 19.1. The fraction of sp³-hybridized carbons (Fsp3) is 0.304. The van der Waals surface area contributed by atoms with Crippen LogP contribution in [0, 0.1) is 48.1 Å². The normalized spacial score (nSPS) is 21.3. The molecule has 138 valence electrons. The predicted octanol–water partition coefficient (Wildman–Crippen LogP) is 4.36. The monoisotopic (exact) mass is 360 g/mol. The zero-order valence-corrected chi connectivity index (χ0v) is 16.7. The first-order valence-corrected chi connectivity index (χ1v) is 9.36. The fourth-order valence-corrected chi connectivity index (χ4v) is 4.13. The Morgan fingerprint density at radius 2 is 1.48 bits per heavy atom. The molecule has 2 aromatic carbocycles. The Morgan fingerprint density at radius 3 is 2.22 bits per heavy atom. The van der Waals surface area contributed by atoms with Gasteiger partial charge in [0.25, 0.3) is 0 Å². The third-order valence-electron chi connectivity index (χ3n) is 6.40. The van der Waals surface area contributed by atoms with Crippen LogP contribution in [0.15, 0.2) is 24.5 Å². The highest BCUT2D eigenvalue weighted by Gasteiger charge is 2.58. The average molecular weight is 360 g/mol. The van der Waals surface area contributed by atoms with E-state index < -0.39 is 6.03 Å². The number of fused-ring (bicyclic) bond motifs is 2. The van der Waals surface area contributed by atoms with Crippen LogP contribution in [0.3, 0.4) is 0 Å². The largest absolute Gasteiger partial charge is 0.561 e. The summed E-state index contributed by atoms with van der Waals surface area (Å²) in [6.07, 6.45) is 6.15. The van der Waals surface area contributed by atoms with Crippen molar-refractivity contribution in [3.05, 3.63) is 75.6 Å². The van der Waals surface area contributed by atoms with Crippen LogP contribution in [0.4, 0.5) is 0 Å². The molecule has 5 rings (SSSR count). The number of aryl methyl sites for hydroxylation is 2. The van der Waals surface area contributed by atoms with Crippen LogP contribution in [0.2, 0.25) is 0 Å². The van der Waals surface area contributed by atoms with Gasteiger partial charge in [0.1, 0.15) is 5.75 Å². The van der Waals surface area contributed by atoms with Gasteiger partial charge in [-0.3, -0.25) is 4.90 Å². The van der Waals surface area contributed by atoms with Crippen molar-refractivity contribution in [1.29, 1.82) is 0 Å². The van der Waals surface area contributed by atoms with Crippen LogP contribution < -0.4 is 9.47 Å². The maximum Gasteiger partial charge on any atom is 0.561 e. The molecule has 0 aliphatic carbocycles. The standard InChI is InChI=1S/C23H24N2O2/c1-13-9-21-19(17(5)15(13)3)11-24-7-8-25-12-20-18(6)16(4)14(2)10-22(20)27-23(24,25)26-21/h7-12H,1-6H3. The minimum absolute atomic E-state index is 0.859. The summed E-state index contributed by atoms with van der Waals surface area (Å²) in [5.41, 5.74) is 9.76. The van der Waals surface area contributed by atoms with Gasteiger partial charge in [-0.25, -0.2) is 0 Å². The number of benzene rings is 2. The summed E-state index contributed by atoms with van der Waals surface area (Å²) in [5, 5.41) is 0. The summed E-state index contributed by atoms with van der Waals surface area (Å²) in [4.78, 5) is 2.01. The lowest BCUT2D eigenvalue weighted by atomic mass is 9.96. The lowest BCUT2D eigenvalue weighted by molar-refractivity contribution is -0.666. The predicted molar refractivity (Wildman–Crippen MR) is 105 cm³/mol. The van der Waals surface area contributed by atoms with Crippen LogP contribution in [0.25, 0.3) is 0 Å². The van der Waals surface area contributed by atoms with E-state index in [1.54, 1.807) is 0 Å². The molecule has 2 aromatic rings. The van der Waals surface area contributed by atoms with Gasteiger partial charge in [-0.2, -0.15) is 0 Å². The summed E-state index contributed by atoms with van der Waals surface area (Å²) >= 11 is 0. The topological polar surface area (TPSA) is 24.7 Å². The Labute approximate surface area is 160 Å². The Kier molecular flexibility index (Phi) is 3.08. The molecule has 0 N–H and O–H groups in total. The number of ether oxygens (including phenoxy) is 2. The Morgan fingerprint density at radius 1 is 0.852 bits per heavy atom.